The number of hydrogen-bond donors (Lipinski definition) is 2. The Kier molecular flexibility index (Phi) is 10.4. The molecule has 6 heterocycles. The van der Waals surface area contributed by atoms with Gasteiger partial charge in [-0.05, 0) is 89.6 Å². The number of H-pyrrole nitrogens is 1. The van der Waals surface area contributed by atoms with Crippen LogP contribution in [-0.4, -0.2) is 113 Å². The lowest BCUT2D eigenvalue weighted by molar-refractivity contribution is -0.136. The number of piperazine rings is 1. The molecule has 1 atom stereocenters. The number of rotatable bonds is 10. The van der Waals surface area contributed by atoms with Crippen molar-refractivity contribution in [2.45, 2.75) is 57.0 Å². The predicted octanol–water partition coefficient (Wildman–Crippen LogP) is 4.72. The second kappa shape index (κ2) is 16.3. The van der Waals surface area contributed by atoms with E-state index >= 15 is 0 Å². The van der Waals surface area contributed by atoms with Crippen molar-refractivity contribution in [3.63, 3.8) is 0 Å². The van der Waals surface area contributed by atoms with Crippen LogP contribution in [0.3, 0.4) is 0 Å². The van der Waals surface area contributed by atoms with E-state index in [-0.39, 0.29) is 29.8 Å². The lowest BCUT2D eigenvalue weighted by atomic mass is 9.71. The molecule has 0 radical (unpaired) electrons. The molecule has 2 N–H and O–H groups in total. The van der Waals surface area contributed by atoms with Crippen molar-refractivity contribution in [2.75, 3.05) is 45.8 Å². The van der Waals surface area contributed by atoms with E-state index in [0.717, 1.165) is 77.6 Å². The van der Waals surface area contributed by atoms with Crippen LogP contribution in [0, 0.1) is 5.92 Å². The average molecular weight is 835 g/mol. The van der Waals surface area contributed by atoms with Crippen LogP contribution in [0.25, 0.3) is 38.6 Å². The summed E-state index contributed by atoms with van der Waals surface area (Å²) in [6, 6.07) is 22.1. The van der Waals surface area contributed by atoms with Gasteiger partial charge < -0.3 is 14.8 Å². The van der Waals surface area contributed by atoms with Crippen molar-refractivity contribution in [2.24, 2.45) is 13.0 Å². The number of hydrogen-bond acceptors (Lipinski definition) is 8. The fourth-order valence-electron chi connectivity index (χ4n) is 9.87. The molecule has 0 bridgehead atoms. The Balaban J connectivity index is 0.699. The molecule has 3 aromatic heterocycles. The minimum atomic E-state index is -0.705. The molecule has 15 nitrogen and oxygen atoms in total. The summed E-state index contributed by atoms with van der Waals surface area (Å²) in [6.45, 7) is 5.94. The summed E-state index contributed by atoms with van der Waals surface area (Å²) in [7, 11) is 1.72. The number of nitrogens with one attached hydrogen (secondary N) is 2. The number of amides is 4. The van der Waals surface area contributed by atoms with Crippen LogP contribution in [0.2, 0.25) is 0 Å². The lowest BCUT2D eigenvalue weighted by Crippen LogP contribution is -2.50. The minimum absolute atomic E-state index is 0.0326. The molecule has 10 rings (SSSR count). The van der Waals surface area contributed by atoms with Crippen LogP contribution >= 0.6 is 0 Å². The summed E-state index contributed by atoms with van der Waals surface area (Å²) < 4.78 is 4.76. The maximum atomic E-state index is 13.7. The third-order valence-corrected chi connectivity index (χ3v) is 13.5. The highest BCUT2D eigenvalue weighted by Crippen LogP contribution is 2.42. The number of aromatic nitrogens is 6. The predicted molar refractivity (Wildman–Crippen MR) is 234 cm³/mol. The summed E-state index contributed by atoms with van der Waals surface area (Å²) in [5, 5.41) is 11.1. The second-order valence-electron chi connectivity index (χ2n) is 17.4. The van der Waals surface area contributed by atoms with Crippen LogP contribution in [0.15, 0.2) is 90.0 Å². The van der Waals surface area contributed by atoms with Crippen molar-refractivity contribution < 1.29 is 19.2 Å². The Hall–Kier alpha value is -6.61. The van der Waals surface area contributed by atoms with Crippen LogP contribution in [0.5, 0.6) is 0 Å². The SMILES string of the molecule is Cn1c(=O)n(C2CCC(=O)NC2=O)c2ccc(-c3ccc(C4CC(CN5CCN(C(=O)c6cc7ccc(C8=CCCN(C(=O)CCn9ccnn9)C8)cc7[nH]6)CC5)C4)cc3)cc21. The molecule has 15 heteroatoms. The number of carbonyl (C=O) groups is 4. The summed E-state index contributed by atoms with van der Waals surface area (Å²) in [5.74, 6) is 0.552. The number of imidazole rings is 1. The first-order valence-electron chi connectivity index (χ1n) is 21.8. The molecule has 4 amide bonds. The fraction of sp³-hybridized carbons (Fsp3) is 0.383. The summed E-state index contributed by atoms with van der Waals surface area (Å²) in [5.41, 5.74) is 8.25. The van der Waals surface area contributed by atoms with Gasteiger partial charge in [0.1, 0.15) is 11.7 Å². The van der Waals surface area contributed by atoms with Crippen LogP contribution in [-0.2, 0) is 28.0 Å². The first-order valence-corrected chi connectivity index (χ1v) is 21.8. The molecule has 318 valence electrons. The van der Waals surface area contributed by atoms with Gasteiger partial charge in [0.05, 0.1) is 23.8 Å². The number of aromatic amines is 1. The minimum Gasteiger partial charge on any atom is -0.351 e. The van der Waals surface area contributed by atoms with Gasteiger partial charge in [-0.25, -0.2) is 4.79 Å². The number of benzene rings is 3. The van der Waals surface area contributed by atoms with Gasteiger partial charge in [-0.2, -0.15) is 0 Å². The Labute approximate surface area is 358 Å². The van der Waals surface area contributed by atoms with Gasteiger partial charge in [0, 0.05) is 82.8 Å². The highest BCUT2D eigenvalue weighted by molar-refractivity contribution is 6.00. The van der Waals surface area contributed by atoms with E-state index in [1.165, 1.54) is 10.1 Å². The van der Waals surface area contributed by atoms with Crippen LogP contribution in [0.1, 0.15) is 72.1 Å². The van der Waals surface area contributed by atoms with E-state index in [4.69, 9.17) is 0 Å². The molecule has 0 spiro atoms. The molecule has 1 aliphatic carbocycles. The number of nitrogens with zero attached hydrogens (tertiary/aromatic N) is 8. The van der Waals surface area contributed by atoms with Crippen LogP contribution in [0.4, 0.5) is 0 Å². The molecular formula is C47H50N10O5. The molecule has 4 aliphatic rings. The van der Waals surface area contributed by atoms with Gasteiger partial charge in [0.25, 0.3) is 5.91 Å². The molecule has 1 saturated carbocycles. The molecule has 3 fully saturated rings. The van der Waals surface area contributed by atoms with Crippen molar-refractivity contribution in [1.29, 1.82) is 0 Å². The molecule has 2 saturated heterocycles. The van der Waals surface area contributed by atoms with Crippen LogP contribution < -0.4 is 11.0 Å². The van der Waals surface area contributed by atoms with Gasteiger partial charge in [0.2, 0.25) is 17.7 Å². The number of aryl methyl sites for hydroxylation is 2. The van der Waals surface area contributed by atoms with Gasteiger partial charge in [0.15, 0.2) is 0 Å². The molecule has 3 aliphatic heterocycles. The number of piperidine rings is 1. The Morgan fingerprint density at radius 2 is 1.63 bits per heavy atom. The van der Waals surface area contributed by atoms with Gasteiger partial charge in [-0.3, -0.25) is 43.2 Å². The summed E-state index contributed by atoms with van der Waals surface area (Å²) in [6.07, 6.45) is 9.58. The van der Waals surface area contributed by atoms with E-state index in [2.05, 4.69) is 74.1 Å². The third-order valence-electron chi connectivity index (χ3n) is 13.5. The first-order chi connectivity index (χ1) is 30.1. The van der Waals surface area contributed by atoms with Crippen molar-refractivity contribution >= 4 is 51.1 Å². The van der Waals surface area contributed by atoms with E-state index in [1.54, 1.807) is 28.7 Å². The highest BCUT2D eigenvalue weighted by Gasteiger charge is 2.34. The molecule has 62 heavy (non-hydrogen) atoms. The Morgan fingerprint density at radius 1 is 0.839 bits per heavy atom. The maximum absolute atomic E-state index is 13.7. The monoisotopic (exact) mass is 834 g/mol. The molecule has 3 aromatic carbocycles. The van der Waals surface area contributed by atoms with E-state index in [1.807, 2.05) is 34.1 Å². The quantitative estimate of drug-likeness (QED) is 0.188. The van der Waals surface area contributed by atoms with E-state index in [9.17, 15) is 24.0 Å². The number of fused-ring (bicyclic) bond motifs is 2. The van der Waals surface area contributed by atoms with Crippen molar-refractivity contribution in [1.82, 2.24) is 49.1 Å². The van der Waals surface area contributed by atoms with E-state index in [0.29, 0.717) is 68.6 Å². The zero-order valence-electron chi connectivity index (χ0n) is 34.8. The molecule has 6 aromatic rings. The molecular weight excluding hydrogens is 785 g/mol. The average Bonchev–Trinajstić information content (AvgIpc) is 4.02. The zero-order chi connectivity index (χ0) is 42.5. The number of imide groups is 1. The lowest BCUT2D eigenvalue weighted by Gasteiger charge is -2.41. The Morgan fingerprint density at radius 3 is 2.40 bits per heavy atom. The van der Waals surface area contributed by atoms with Gasteiger partial charge in [-0.15, -0.1) is 5.10 Å². The van der Waals surface area contributed by atoms with Gasteiger partial charge >= 0.3 is 5.69 Å². The summed E-state index contributed by atoms with van der Waals surface area (Å²) in [4.78, 5) is 73.9. The largest absolute Gasteiger partial charge is 0.351 e. The summed E-state index contributed by atoms with van der Waals surface area (Å²) >= 11 is 0. The fourth-order valence-corrected chi connectivity index (χ4v) is 9.87. The zero-order valence-corrected chi connectivity index (χ0v) is 34.8. The molecule has 1 unspecified atom stereocenters. The standard InChI is InChI=1S/C47H50N10O5/c1-52-42-27-34(10-11-40(42)57(47(52)62)41-12-13-43(58)50-45(41)60)31-4-6-32(7-5-31)37-23-30(24-37)28-53-19-21-54(22-20-53)46(61)39-26-35-9-8-33(25-38(35)49-39)36-3-2-16-55(29-36)44(59)14-17-56-18-15-48-51-56/h3-11,15,18,25-27,30,37,41,49H,2,12-14,16-17,19-24,28-29H2,1H3,(H,50,58,60). The van der Waals surface area contributed by atoms with Crippen molar-refractivity contribution in [3.05, 3.63) is 113 Å². The number of carbonyl (C=O) groups excluding carboxylic acids is 4. The maximum Gasteiger partial charge on any atom is 0.329 e. The highest BCUT2D eigenvalue weighted by atomic mass is 16.2. The first kappa shape index (κ1) is 39.5. The Bertz CT molecular complexity index is 2780. The smallest absolute Gasteiger partial charge is 0.329 e. The third kappa shape index (κ3) is 7.65. The van der Waals surface area contributed by atoms with E-state index < -0.39 is 11.9 Å². The van der Waals surface area contributed by atoms with Crippen molar-refractivity contribution in [3.8, 4) is 11.1 Å². The second-order valence-corrected chi connectivity index (χ2v) is 17.4. The normalized spacial score (nSPS) is 21.0. The van der Waals surface area contributed by atoms with Gasteiger partial charge in [-0.1, -0.05) is 53.8 Å². The topological polar surface area (TPSA) is 163 Å².